The Hall–Kier alpha value is -1.66. The number of aromatic nitrogens is 1. The van der Waals surface area contributed by atoms with Gasteiger partial charge in [0.05, 0.1) is 12.7 Å². The highest BCUT2D eigenvalue weighted by Crippen LogP contribution is 2.19. The summed E-state index contributed by atoms with van der Waals surface area (Å²) in [6, 6.07) is 4.19. The van der Waals surface area contributed by atoms with E-state index in [1.165, 1.54) is 5.56 Å². The number of aryl methyl sites for hydroxylation is 1. The van der Waals surface area contributed by atoms with Crippen LogP contribution in [-0.2, 0) is 16.0 Å². The molecule has 2 saturated heterocycles. The maximum absolute atomic E-state index is 12.7. The van der Waals surface area contributed by atoms with Crippen molar-refractivity contribution in [3.05, 3.63) is 23.9 Å². The van der Waals surface area contributed by atoms with Gasteiger partial charge in [0.2, 0.25) is 5.91 Å². The van der Waals surface area contributed by atoms with Gasteiger partial charge in [0.1, 0.15) is 5.82 Å². The maximum Gasteiger partial charge on any atom is 0.225 e. The van der Waals surface area contributed by atoms with Crippen molar-refractivity contribution in [3.8, 4) is 0 Å². The molecule has 0 aromatic carbocycles. The molecule has 138 valence electrons. The van der Waals surface area contributed by atoms with Gasteiger partial charge < -0.3 is 19.9 Å². The van der Waals surface area contributed by atoms with Crippen molar-refractivity contribution in [2.75, 3.05) is 51.8 Å². The van der Waals surface area contributed by atoms with Crippen LogP contribution in [0.2, 0.25) is 0 Å². The van der Waals surface area contributed by atoms with Crippen LogP contribution in [0, 0.1) is 5.92 Å². The molecule has 1 aromatic heterocycles. The largest absolute Gasteiger partial charge is 0.375 e. The molecule has 25 heavy (non-hydrogen) atoms. The van der Waals surface area contributed by atoms with E-state index < -0.39 is 0 Å². The average Bonchev–Trinajstić information content (AvgIpc) is 2.67. The fourth-order valence-electron chi connectivity index (χ4n) is 3.61. The number of nitrogens with zero attached hydrogens (tertiary/aromatic N) is 3. The average molecular weight is 346 g/mol. The highest BCUT2D eigenvalue weighted by atomic mass is 16.5. The summed E-state index contributed by atoms with van der Waals surface area (Å²) in [4.78, 5) is 21.1. The first-order valence-corrected chi connectivity index (χ1v) is 9.37. The summed E-state index contributed by atoms with van der Waals surface area (Å²) >= 11 is 0. The van der Waals surface area contributed by atoms with E-state index in [0.717, 1.165) is 57.7 Å². The Bertz CT molecular complexity index is 572. The van der Waals surface area contributed by atoms with Gasteiger partial charge in [-0.3, -0.25) is 4.79 Å². The molecule has 0 aliphatic carbocycles. The second-order valence-electron chi connectivity index (χ2n) is 7.26. The van der Waals surface area contributed by atoms with Crippen LogP contribution >= 0.6 is 0 Å². The minimum atomic E-state index is 0.135. The minimum Gasteiger partial charge on any atom is -0.375 e. The van der Waals surface area contributed by atoms with E-state index in [1.54, 1.807) is 0 Å². The molecule has 3 heterocycles. The van der Waals surface area contributed by atoms with Crippen molar-refractivity contribution in [2.24, 2.45) is 5.92 Å². The molecule has 0 bridgehead atoms. The minimum absolute atomic E-state index is 0.135. The lowest BCUT2D eigenvalue weighted by Gasteiger charge is -2.36. The second-order valence-corrected chi connectivity index (χ2v) is 7.26. The lowest BCUT2D eigenvalue weighted by atomic mass is 9.96. The molecule has 2 fully saturated rings. The van der Waals surface area contributed by atoms with Crippen LogP contribution in [0.15, 0.2) is 18.3 Å². The zero-order valence-electron chi connectivity index (χ0n) is 15.4. The van der Waals surface area contributed by atoms with Crippen molar-refractivity contribution in [1.82, 2.24) is 15.2 Å². The summed E-state index contributed by atoms with van der Waals surface area (Å²) in [6.45, 7) is 4.04. The molecule has 2 aliphatic heterocycles. The Morgan fingerprint density at radius 2 is 2.20 bits per heavy atom. The smallest absolute Gasteiger partial charge is 0.225 e. The molecule has 0 spiro atoms. The zero-order valence-corrected chi connectivity index (χ0v) is 15.4. The number of morpholine rings is 1. The van der Waals surface area contributed by atoms with Crippen LogP contribution in [0.25, 0.3) is 0 Å². The third-order valence-electron chi connectivity index (χ3n) is 5.16. The Morgan fingerprint density at radius 1 is 1.40 bits per heavy atom. The topological polar surface area (TPSA) is 57.7 Å². The molecule has 6 nitrogen and oxygen atoms in total. The van der Waals surface area contributed by atoms with E-state index in [0.29, 0.717) is 12.5 Å². The number of rotatable bonds is 5. The zero-order chi connectivity index (χ0) is 17.6. The molecule has 1 atom stereocenters. The van der Waals surface area contributed by atoms with E-state index in [-0.39, 0.29) is 12.0 Å². The number of carbonyl (C=O) groups excluding carboxylic acids is 1. The number of pyridine rings is 1. The second kappa shape index (κ2) is 8.63. The summed E-state index contributed by atoms with van der Waals surface area (Å²) in [5, 5.41) is 3.33. The first-order chi connectivity index (χ1) is 12.1. The number of anilines is 1. The number of hydrogen-bond donors (Lipinski definition) is 1. The van der Waals surface area contributed by atoms with Crippen LogP contribution in [0.3, 0.4) is 0 Å². The lowest BCUT2D eigenvalue weighted by molar-refractivity contribution is -0.144. The van der Waals surface area contributed by atoms with E-state index >= 15 is 0 Å². The Morgan fingerprint density at radius 3 is 2.96 bits per heavy atom. The summed E-state index contributed by atoms with van der Waals surface area (Å²) < 4.78 is 5.91. The third kappa shape index (κ3) is 4.92. The number of ether oxygens (including phenoxy) is 1. The molecule has 1 amide bonds. The van der Waals surface area contributed by atoms with Gasteiger partial charge >= 0.3 is 0 Å². The van der Waals surface area contributed by atoms with Gasteiger partial charge in [-0.1, -0.05) is 0 Å². The van der Waals surface area contributed by atoms with Crippen LogP contribution in [0.4, 0.5) is 5.82 Å². The number of nitrogens with one attached hydrogen (secondary N) is 1. The fourth-order valence-corrected chi connectivity index (χ4v) is 3.61. The predicted octanol–water partition coefficient (Wildman–Crippen LogP) is 1.31. The molecular formula is C19H30N4O2. The van der Waals surface area contributed by atoms with Gasteiger partial charge in [-0.2, -0.15) is 0 Å². The monoisotopic (exact) mass is 346 g/mol. The van der Waals surface area contributed by atoms with E-state index in [2.05, 4.69) is 22.4 Å². The van der Waals surface area contributed by atoms with Crippen LogP contribution in [0.5, 0.6) is 0 Å². The molecular weight excluding hydrogens is 316 g/mol. The van der Waals surface area contributed by atoms with Gasteiger partial charge in [0, 0.05) is 39.3 Å². The van der Waals surface area contributed by atoms with E-state index in [4.69, 9.17) is 4.74 Å². The van der Waals surface area contributed by atoms with Crippen molar-refractivity contribution in [1.29, 1.82) is 0 Å². The Labute approximate surface area is 150 Å². The van der Waals surface area contributed by atoms with Crippen molar-refractivity contribution >= 4 is 11.7 Å². The van der Waals surface area contributed by atoms with Crippen LogP contribution < -0.4 is 10.2 Å². The van der Waals surface area contributed by atoms with Crippen molar-refractivity contribution in [3.63, 3.8) is 0 Å². The quantitative estimate of drug-likeness (QED) is 0.871. The van der Waals surface area contributed by atoms with Crippen LogP contribution in [0.1, 0.15) is 24.8 Å². The predicted molar refractivity (Wildman–Crippen MR) is 98.8 cm³/mol. The Balaban J connectivity index is 1.51. The molecule has 2 aliphatic rings. The summed E-state index contributed by atoms with van der Waals surface area (Å²) in [5.41, 5.74) is 1.27. The van der Waals surface area contributed by atoms with E-state index in [9.17, 15) is 4.79 Å². The fraction of sp³-hybridized carbons (Fsp3) is 0.684. The standard InChI is InChI=1S/C19H30N4O2/c1-22(2)18-13-15(5-10-21-18)3-4-17-14-23(11-12-25-17)19(24)16-6-8-20-9-7-16/h5,10,13,16-17,20H,3-4,6-9,11-12,14H2,1-2H3/t17-/m0/s1. The summed E-state index contributed by atoms with van der Waals surface area (Å²) in [6.07, 6.45) is 5.81. The molecule has 1 N–H and O–H groups in total. The highest BCUT2D eigenvalue weighted by Gasteiger charge is 2.29. The number of hydrogen-bond acceptors (Lipinski definition) is 5. The van der Waals surface area contributed by atoms with Crippen LogP contribution in [-0.4, -0.2) is 68.8 Å². The Kier molecular flexibility index (Phi) is 6.26. The number of amides is 1. The highest BCUT2D eigenvalue weighted by molar-refractivity contribution is 5.79. The maximum atomic E-state index is 12.7. The van der Waals surface area contributed by atoms with Gasteiger partial charge in [-0.25, -0.2) is 4.98 Å². The lowest BCUT2D eigenvalue weighted by Crippen LogP contribution is -2.49. The third-order valence-corrected chi connectivity index (χ3v) is 5.16. The van der Waals surface area contributed by atoms with E-state index in [1.807, 2.05) is 30.1 Å². The van der Waals surface area contributed by atoms with Crippen molar-refractivity contribution < 1.29 is 9.53 Å². The van der Waals surface area contributed by atoms with Gasteiger partial charge in [-0.05, 0) is 56.5 Å². The normalized spacial score (nSPS) is 22.0. The van der Waals surface area contributed by atoms with Gasteiger partial charge in [0.15, 0.2) is 0 Å². The molecule has 0 radical (unpaired) electrons. The first-order valence-electron chi connectivity index (χ1n) is 9.37. The molecule has 1 aromatic rings. The summed E-state index contributed by atoms with van der Waals surface area (Å²) in [7, 11) is 4.00. The molecule has 6 heteroatoms. The SMILES string of the molecule is CN(C)c1cc(CC[C@H]2CN(C(=O)C3CCNCC3)CCO2)ccn1. The summed E-state index contributed by atoms with van der Waals surface area (Å²) in [5.74, 6) is 1.50. The van der Waals surface area contributed by atoms with Gasteiger partial charge in [-0.15, -0.1) is 0 Å². The number of piperidine rings is 1. The molecule has 0 saturated carbocycles. The molecule has 0 unspecified atom stereocenters. The first kappa shape index (κ1) is 18.1. The number of carbonyl (C=O) groups is 1. The molecule has 3 rings (SSSR count). The van der Waals surface area contributed by atoms with Crippen molar-refractivity contribution in [2.45, 2.75) is 31.8 Å². The van der Waals surface area contributed by atoms with Gasteiger partial charge in [0.25, 0.3) is 0 Å².